The van der Waals surface area contributed by atoms with Crippen molar-refractivity contribution in [2.45, 2.75) is 0 Å². The largest absolute Gasteiger partial charge is 0.458 e. The topological polar surface area (TPSA) is 27.7 Å². The smallest absolute Gasteiger partial charge is 0.260 e. The van der Waals surface area contributed by atoms with Gasteiger partial charge in [-0.1, -0.05) is 133 Å². The van der Waals surface area contributed by atoms with Crippen molar-refractivity contribution in [3.63, 3.8) is 0 Å². The molecule has 3 nitrogen and oxygen atoms in total. The number of para-hydroxylation sites is 2. The summed E-state index contributed by atoms with van der Waals surface area (Å²) >= 11 is 0. The Morgan fingerprint density at radius 2 is 0.723 bits per heavy atom. The summed E-state index contributed by atoms with van der Waals surface area (Å²) in [7, 11) is 0. The van der Waals surface area contributed by atoms with Gasteiger partial charge in [-0.05, 0) is 68.4 Å². The quantitative estimate of drug-likeness (QED) is 0.221. The Kier molecular flexibility index (Phi) is 5.76. The summed E-state index contributed by atoms with van der Waals surface area (Å²) in [5, 5.41) is 0. The van der Waals surface area contributed by atoms with Crippen LogP contribution in [0.25, 0.3) is 22.3 Å². The molecule has 0 radical (unpaired) electrons. The number of ether oxygens (including phenoxy) is 3. The fourth-order valence-corrected chi connectivity index (χ4v) is 7.76. The molecule has 5 heteroatoms. The van der Waals surface area contributed by atoms with Crippen LogP contribution in [0.4, 0.5) is 0 Å². The van der Waals surface area contributed by atoms with E-state index in [1.54, 1.807) is 0 Å². The van der Waals surface area contributed by atoms with Crippen LogP contribution in [0, 0.1) is 0 Å². The highest BCUT2D eigenvalue weighted by atomic mass is 16.5. The highest BCUT2D eigenvalue weighted by molar-refractivity contribution is 7.01. The molecule has 0 fully saturated rings. The maximum absolute atomic E-state index is 6.75. The van der Waals surface area contributed by atoms with Crippen molar-refractivity contribution < 1.29 is 14.2 Å². The molecule has 0 spiro atoms. The highest BCUT2D eigenvalue weighted by Crippen LogP contribution is 2.37. The van der Waals surface area contributed by atoms with Gasteiger partial charge in [0.1, 0.15) is 34.5 Å². The lowest BCUT2D eigenvalue weighted by molar-refractivity contribution is 0.456. The SMILES string of the molecule is c1ccc(-c2cccc(-c3ccccc3)c2B2c3ccccc3Oc3cc4c(cc32)B2c3ccccc3Oc3cccc(c32)O4)cc1. The molecule has 47 heavy (non-hydrogen) atoms. The maximum atomic E-state index is 6.75. The number of hydrogen-bond acceptors (Lipinski definition) is 3. The summed E-state index contributed by atoms with van der Waals surface area (Å²) in [5.74, 6) is 5.03. The molecule has 0 aliphatic carbocycles. The van der Waals surface area contributed by atoms with E-state index >= 15 is 0 Å². The first-order valence-electron chi connectivity index (χ1n) is 16.1. The van der Waals surface area contributed by atoms with Crippen molar-refractivity contribution in [2.75, 3.05) is 0 Å². The first-order valence-corrected chi connectivity index (χ1v) is 16.1. The second kappa shape index (κ2) is 10.3. The Labute approximate surface area is 274 Å². The summed E-state index contributed by atoms with van der Waals surface area (Å²) in [6.45, 7) is -0.130. The Bertz CT molecular complexity index is 2300. The molecule has 0 aromatic heterocycles. The van der Waals surface area contributed by atoms with Crippen LogP contribution in [0.5, 0.6) is 34.5 Å². The third kappa shape index (κ3) is 4.03. The van der Waals surface area contributed by atoms with Crippen LogP contribution in [0.1, 0.15) is 0 Å². The van der Waals surface area contributed by atoms with Gasteiger partial charge < -0.3 is 14.2 Å². The Balaban J connectivity index is 1.27. The predicted molar refractivity (Wildman–Crippen MR) is 193 cm³/mol. The number of benzene rings is 7. The van der Waals surface area contributed by atoms with E-state index in [4.69, 9.17) is 14.2 Å². The average molecular weight is 600 g/mol. The van der Waals surface area contributed by atoms with Crippen molar-refractivity contribution in [3.05, 3.63) is 158 Å². The van der Waals surface area contributed by atoms with E-state index in [9.17, 15) is 0 Å². The standard InChI is InChI=1S/C42H26B2O3/c1-3-13-27(14-4-1)29-17-11-18-30(28-15-5-2-6-16-28)41(29)43-31-19-7-10-22-36(31)46-39-26-40-34(25-33(39)43)44-32-20-8-9-21-35(32)45-37-23-12-24-38(47-40)42(37)44/h1-26H. The van der Waals surface area contributed by atoms with Crippen LogP contribution in [0.3, 0.4) is 0 Å². The minimum atomic E-state index is -0.0985. The zero-order valence-electron chi connectivity index (χ0n) is 25.4. The van der Waals surface area contributed by atoms with E-state index in [-0.39, 0.29) is 13.4 Å². The maximum Gasteiger partial charge on any atom is 0.260 e. The van der Waals surface area contributed by atoms with Crippen LogP contribution in [-0.2, 0) is 0 Å². The molecule has 0 saturated heterocycles. The van der Waals surface area contributed by atoms with Crippen LogP contribution in [-0.4, -0.2) is 13.4 Å². The average Bonchev–Trinajstić information content (AvgIpc) is 3.13. The van der Waals surface area contributed by atoms with E-state index < -0.39 is 0 Å². The summed E-state index contributed by atoms with van der Waals surface area (Å²) < 4.78 is 19.8. The molecule has 3 heterocycles. The fraction of sp³-hybridized carbons (Fsp3) is 0. The highest BCUT2D eigenvalue weighted by Gasteiger charge is 2.43. The van der Waals surface area contributed by atoms with Crippen LogP contribution in [0.2, 0.25) is 0 Å². The molecule has 0 unspecified atom stereocenters. The molecule has 0 atom stereocenters. The molecule has 3 aliphatic heterocycles. The molecule has 0 amide bonds. The number of hydrogen-bond donors (Lipinski definition) is 0. The van der Waals surface area contributed by atoms with Gasteiger partial charge in [0.15, 0.2) is 0 Å². The zero-order valence-corrected chi connectivity index (χ0v) is 25.4. The van der Waals surface area contributed by atoms with Gasteiger partial charge in [0.2, 0.25) is 0 Å². The van der Waals surface area contributed by atoms with E-state index in [0.29, 0.717) is 0 Å². The molecule has 3 aliphatic rings. The van der Waals surface area contributed by atoms with Gasteiger partial charge in [0, 0.05) is 11.5 Å². The zero-order chi connectivity index (χ0) is 30.9. The second-order valence-electron chi connectivity index (χ2n) is 12.3. The predicted octanol–water partition coefficient (Wildman–Crippen LogP) is 6.37. The van der Waals surface area contributed by atoms with Crippen LogP contribution in [0.15, 0.2) is 158 Å². The van der Waals surface area contributed by atoms with Gasteiger partial charge in [-0.15, -0.1) is 0 Å². The second-order valence-corrected chi connectivity index (χ2v) is 12.3. The fourth-order valence-electron chi connectivity index (χ4n) is 7.76. The molecule has 0 N–H and O–H groups in total. The minimum absolute atomic E-state index is 0.0315. The van der Waals surface area contributed by atoms with Gasteiger partial charge in [0.25, 0.3) is 13.4 Å². The summed E-state index contributed by atoms with van der Waals surface area (Å²) in [5.41, 5.74) is 11.6. The van der Waals surface area contributed by atoms with Crippen molar-refractivity contribution in [1.29, 1.82) is 0 Å². The Morgan fingerprint density at radius 1 is 0.298 bits per heavy atom. The molecular weight excluding hydrogens is 574 g/mol. The first kappa shape index (κ1) is 26.3. The third-order valence-electron chi connectivity index (χ3n) is 9.76. The lowest BCUT2D eigenvalue weighted by Crippen LogP contribution is -2.61. The summed E-state index contributed by atoms with van der Waals surface area (Å²) in [4.78, 5) is 0. The van der Waals surface area contributed by atoms with Crippen LogP contribution < -0.4 is 47.0 Å². The molecule has 10 rings (SSSR count). The van der Waals surface area contributed by atoms with Gasteiger partial charge in [-0.25, -0.2) is 0 Å². The van der Waals surface area contributed by atoms with Gasteiger partial charge in [0.05, 0.1) is 0 Å². The molecule has 0 saturated carbocycles. The molecule has 7 aromatic rings. The van der Waals surface area contributed by atoms with Crippen molar-refractivity contribution in [2.24, 2.45) is 0 Å². The lowest BCUT2D eigenvalue weighted by Gasteiger charge is -2.35. The summed E-state index contributed by atoms with van der Waals surface area (Å²) in [6.07, 6.45) is 0. The monoisotopic (exact) mass is 600 g/mol. The Hall–Kier alpha value is -5.93. The third-order valence-corrected chi connectivity index (χ3v) is 9.76. The molecule has 218 valence electrons. The molecule has 7 aromatic carbocycles. The van der Waals surface area contributed by atoms with Gasteiger partial charge in [-0.3, -0.25) is 0 Å². The number of rotatable bonds is 3. The van der Waals surface area contributed by atoms with E-state index in [1.807, 2.05) is 30.3 Å². The van der Waals surface area contributed by atoms with Gasteiger partial charge in [-0.2, -0.15) is 0 Å². The van der Waals surface area contributed by atoms with Crippen molar-refractivity contribution in [3.8, 4) is 56.8 Å². The van der Waals surface area contributed by atoms with E-state index in [1.165, 1.54) is 27.7 Å². The van der Waals surface area contributed by atoms with E-state index in [0.717, 1.165) is 61.8 Å². The van der Waals surface area contributed by atoms with Crippen molar-refractivity contribution in [1.82, 2.24) is 0 Å². The normalized spacial score (nSPS) is 13.1. The Morgan fingerprint density at radius 3 is 1.30 bits per heavy atom. The molecular formula is C42H26B2O3. The van der Waals surface area contributed by atoms with Crippen molar-refractivity contribution >= 4 is 46.2 Å². The summed E-state index contributed by atoms with van der Waals surface area (Å²) in [6, 6.07) is 55.5. The van der Waals surface area contributed by atoms with Crippen LogP contribution >= 0.6 is 0 Å². The minimum Gasteiger partial charge on any atom is -0.458 e. The lowest BCUT2D eigenvalue weighted by atomic mass is 9.31. The molecule has 0 bridgehead atoms. The van der Waals surface area contributed by atoms with E-state index in [2.05, 4.69) is 127 Å². The number of fused-ring (bicyclic) bond motifs is 6. The van der Waals surface area contributed by atoms with Gasteiger partial charge >= 0.3 is 0 Å². The first-order chi connectivity index (χ1) is 23.3.